The molecule has 34 heavy (non-hydrogen) atoms. The molecular weight excluding hydrogens is 495 g/mol. The lowest BCUT2D eigenvalue weighted by atomic mass is 10.2. The molecule has 0 atom stereocenters. The predicted octanol–water partition coefficient (Wildman–Crippen LogP) is 6.14. The Morgan fingerprint density at radius 2 is 1.85 bits per heavy atom. The molecule has 5 aromatic rings. The van der Waals surface area contributed by atoms with Crippen LogP contribution in [-0.4, -0.2) is 20.4 Å². The topological polar surface area (TPSA) is 52.2 Å². The van der Waals surface area contributed by atoms with Crippen molar-refractivity contribution in [2.75, 3.05) is 0 Å². The fraction of sp³-hybridized carbons (Fsp3) is 0.148. The van der Waals surface area contributed by atoms with Crippen LogP contribution in [0.25, 0.3) is 21.8 Å². The Kier molecular flexibility index (Phi) is 6.11. The molecule has 0 radical (unpaired) electrons. The molecule has 0 amide bonds. The smallest absolute Gasteiger partial charge is 0.282 e. The van der Waals surface area contributed by atoms with Crippen molar-refractivity contribution < 1.29 is 4.39 Å². The average molecular weight is 517 g/mol. The number of benzene rings is 3. The first-order valence-electron chi connectivity index (χ1n) is 11.1. The SMILES string of the molecule is CCCc1nc2ccc(Br)cc2c(=O)n1N=Cc1cn(Cc2ccc(F)cc2)c2ccccc12. The highest BCUT2D eigenvalue weighted by atomic mass is 79.9. The van der Waals surface area contributed by atoms with Crippen LogP contribution in [0.3, 0.4) is 0 Å². The van der Waals surface area contributed by atoms with E-state index >= 15 is 0 Å². The Morgan fingerprint density at radius 3 is 2.65 bits per heavy atom. The van der Waals surface area contributed by atoms with Gasteiger partial charge >= 0.3 is 0 Å². The molecule has 0 N–H and O–H groups in total. The summed E-state index contributed by atoms with van der Waals surface area (Å²) in [4.78, 5) is 18.0. The van der Waals surface area contributed by atoms with Gasteiger partial charge in [0.25, 0.3) is 5.56 Å². The standard InChI is InChI=1S/C27H22BrFN4O/c1-2-5-26-31-24-13-10-20(28)14-23(24)27(34)33(26)30-15-19-17-32(25-7-4-3-6-22(19)25)16-18-8-11-21(29)12-9-18/h3-4,6-15,17H,2,5,16H2,1H3. The van der Waals surface area contributed by atoms with Gasteiger partial charge < -0.3 is 4.57 Å². The summed E-state index contributed by atoms with van der Waals surface area (Å²) in [5.41, 5.74) is 3.40. The minimum Gasteiger partial charge on any atom is -0.342 e. The fourth-order valence-corrected chi connectivity index (χ4v) is 4.48. The van der Waals surface area contributed by atoms with Gasteiger partial charge in [0.2, 0.25) is 0 Å². The summed E-state index contributed by atoms with van der Waals surface area (Å²) in [6.45, 7) is 2.65. The molecule has 0 aliphatic heterocycles. The van der Waals surface area contributed by atoms with Crippen molar-refractivity contribution in [1.29, 1.82) is 0 Å². The number of rotatable bonds is 6. The first-order chi connectivity index (χ1) is 16.5. The Hall–Kier alpha value is -3.58. The van der Waals surface area contributed by atoms with Gasteiger partial charge in [-0.25, -0.2) is 9.37 Å². The van der Waals surface area contributed by atoms with Gasteiger partial charge in [-0.2, -0.15) is 9.78 Å². The molecule has 0 fully saturated rings. The number of fused-ring (bicyclic) bond motifs is 2. The van der Waals surface area contributed by atoms with Gasteiger partial charge in [-0.3, -0.25) is 4.79 Å². The van der Waals surface area contributed by atoms with Crippen molar-refractivity contribution in [2.45, 2.75) is 26.3 Å². The summed E-state index contributed by atoms with van der Waals surface area (Å²) in [6, 6.07) is 20.0. The number of para-hydroxylation sites is 1. The van der Waals surface area contributed by atoms with Crippen LogP contribution in [0.15, 0.2) is 87.3 Å². The third-order valence-electron chi connectivity index (χ3n) is 5.75. The van der Waals surface area contributed by atoms with Crippen molar-refractivity contribution in [3.05, 3.63) is 111 Å². The van der Waals surface area contributed by atoms with E-state index in [-0.39, 0.29) is 11.4 Å². The van der Waals surface area contributed by atoms with Crippen LogP contribution in [0.1, 0.15) is 30.3 Å². The normalized spacial score (nSPS) is 11.7. The van der Waals surface area contributed by atoms with Crippen LogP contribution in [-0.2, 0) is 13.0 Å². The van der Waals surface area contributed by atoms with E-state index in [1.165, 1.54) is 16.8 Å². The third-order valence-corrected chi connectivity index (χ3v) is 6.24. The van der Waals surface area contributed by atoms with Crippen molar-refractivity contribution >= 4 is 44.0 Å². The summed E-state index contributed by atoms with van der Waals surface area (Å²) in [5.74, 6) is 0.381. The van der Waals surface area contributed by atoms with Crippen LogP contribution >= 0.6 is 15.9 Å². The highest BCUT2D eigenvalue weighted by Crippen LogP contribution is 2.22. The Labute approximate surface area is 204 Å². The summed E-state index contributed by atoms with van der Waals surface area (Å²) in [6.07, 6.45) is 5.22. The van der Waals surface area contributed by atoms with E-state index in [4.69, 9.17) is 4.98 Å². The average Bonchev–Trinajstić information content (AvgIpc) is 3.18. The zero-order chi connectivity index (χ0) is 23.7. The quantitative estimate of drug-likeness (QED) is 0.254. The van der Waals surface area contributed by atoms with Crippen LogP contribution in [0.2, 0.25) is 0 Å². The van der Waals surface area contributed by atoms with Crippen LogP contribution in [0.5, 0.6) is 0 Å². The lowest BCUT2D eigenvalue weighted by Crippen LogP contribution is -2.22. The zero-order valence-electron chi connectivity index (χ0n) is 18.6. The van der Waals surface area contributed by atoms with E-state index in [1.807, 2.05) is 42.6 Å². The second-order valence-corrected chi connectivity index (χ2v) is 9.07. The molecule has 0 unspecified atom stereocenters. The van der Waals surface area contributed by atoms with Gasteiger partial charge in [0.05, 0.1) is 17.1 Å². The van der Waals surface area contributed by atoms with E-state index in [1.54, 1.807) is 24.4 Å². The zero-order valence-corrected chi connectivity index (χ0v) is 20.2. The number of aryl methyl sites for hydroxylation is 1. The van der Waals surface area contributed by atoms with E-state index in [9.17, 15) is 9.18 Å². The molecule has 5 nitrogen and oxygen atoms in total. The second-order valence-electron chi connectivity index (χ2n) is 8.16. The lowest BCUT2D eigenvalue weighted by molar-refractivity contribution is 0.626. The second kappa shape index (κ2) is 9.35. The molecule has 0 aliphatic carbocycles. The summed E-state index contributed by atoms with van der Waals surface area (Å²) < 4.78 is 17.7. The van der Waals surface area contributed by atoms with Gasteiger partial charge in [-0.1, -0.05) is 53.2 Å². The molecule has 0 saturated heterocycles. The lowest BCUT2D eigenvalue weighted by Gasteiger charge is -2.08. The van der Waals surface area contributed by atoms with E-state index in [2.05, 4.69) is 32.5 Å². The maximum absolute atomic E-state index is 13.3. The monoisotopic (exact) mass is 516 g/mol. The highest BCUT2D eigenvalue weighted by Gasteiger charge is 2.12. The first-order valence-corrected chi connectivity index (χ1v) is 11.9. The van der Waals surface area contributed by atoms with E-state index < -0.39 is 0 Å². The number of halogens is 2. The Morgan fingerprint density at radius 1 is 1.06 bits per heavy atom. The minimum atomic E-state index is -0.252. The Balaban J connectivity index is 1.59. The van der Waals surface area contributed by atoms with Crippen LogP contribution in [0.4, 0.5) is 4.39 Å². The van der Waals surface area contributed by atoms with Crippen molar-refractivity contribution in [3.63, 3.8) is 0 Å². The number of nitrogens with zero attached hydrogens (tertiary/aromatic N) is 4. The van der Waals surface area contributed by atoms with E-state index in [0.29, 0.717) is 29.7 Å². The molecule has 0 spiro atoms. The van der Waals surface area contributed by atoms with Gasteiger partial charge in [-0.15, -0.1) is 0 Å². The predicted molar refractivity (Wildman–Crippen MR) is 138 cm³/mol. The maximum Gasteiger partial charge on any atom is 0.282 e. The summed E-state index contributed by atoms with van der Waals surface area (Å²) >= 11 is 3.44. The molecule has 0 saturated carbocycles. The Bertz CT molecular complexity index is 1580. The van der Waals surface area contributed by atoms with Crippen molar-refractivity contribution in [3.8, 4) is 0 Å². The number of hydrogen-bond donors (Lipinski definition) is 0. The molecular formula is C27H22BrFN4O. The molecule has 0 bridgehead atoms. The first kappa shape index (κ1) is 22.2. The number of aromatic nitrogens is 3. The molecule has 0 aliphatic rings. The van der Waals surface area contributed by atoms with Crippen molar-refractivity contribution in [1.82, 2.24) is 14.2 Å². The summed E-state index contributed by atoms with van der Waals surface area (Å²) in [7, 11) is 0. The van der Waals surface area contributed by atoms with Crippen LogP contribution < -0.4 is 5.56 Å². The third kappa shape index (κ3) is 4.31. The van der Waals surface area contributed by atoms with Gasteiger partial charge in [0, 0.05) is 40.1 Å². The fourth-order valence-electron chi connectivity index (χ4n) is 4.11. The summed E-state index contributed by atoms with van der Waals surface area (Å²) in [5, 5.41) is 6.14. The van der Waals surface area contributed by atoms with Gasteiger partial charge in [0.1, 0.15) is 11.6 Å². The maximum atomic E-state index is 13.3. The van der Waals surface area contributed by atoms with Crippen LogP contribution in [0, 0.1) is 5.82 Å². The molecule has 170 valence electrons. The largest absolute Gasteiger partial charge is 0.342 e. The minimum absolute atomic E-state index is 0.193. The molecule has 5 rings (SSSR count). The molecule has 2 heterocycles. The number of hydrogen-bond acceptors (Lipinski definition) is 3. The highest BCUT2D eigenvalue weighted by molar-refractivity contribution is 9.10. The molecule has 7 heteroatoms. The van der Waals surface area contributed by atoms with Gasteiger partial charge in [0.15, 0.2) is 0 Å². The van der Waals surface area contributed by atoms with Gasteiger partial charge in [-0.05, 0) is 48.4 Å². The molecule has 3 aromatic carbocycles. The molecule has 2 aromatic heterocycles. The van der Waals surface area contributed by atoms with Crippen molar-refractivity contribution in [2.24, 2.45) is 5.10 Å². The van der Waals surface area contributed by atoms with E-state index in [0.717, 1.165) is 32.9 Å².